The van der Waals surface area contributed by atoms with Crippen molar-refractivity contribution in [1.82, 2.24) is 0 Å². The van der Waals surface area contributed by atoms with Crippen LogP contribution in [-0.2, 0) is 4.74 Å². The SMILES string of the molecule is CCCCCCC(C)Nc1cccc(C(=O)OC)c1N. The summed E-state index contributed by atoms with van der Waals surface area (Å²) in [4.78, 5) is 11.6. The Morgan fingerprint density at radius 1 is 1.35 bits per heavy atom. The van der Waals surface area contributed by atoms with Crippen molar-refractivity contribution in [2.75, 3.05) is 18.2 Å². The summed E-state index contributed by atoms with van der Waals surface area (Å²) in [7, 11) is 1.36. The third-order valence-corrected chi connectivity index (χ3v) is 3.40. The second kappa shape index (κ2) is 8.46. The van der Waals surface area contributed by atoms with Crippen LogP contribution in [-0.4, -0.2) is 19.1 Å². The molecule has 0 aliphatic heterocycles. The highest BCUT2D eigenvalue weighted by Crippen LogP contribution is 2.24. The molecule has 4 heteroatoms. The zero-order chi connectivity index (χ0) is 15.0. The number of para-hydroxylation sites is 1. The van der Waals surface area contributed by atoms with E-state index in [0.717, 1.165) is 12.1 Å². The Morgan fingerprint density at radius 3 is 2.75 bits per heavy atom. The van der Waals surface area contributed by atoms with Crippen molar-refractivity contribution >= 4 is 17.3 Å². The van der Waals surface area contributed by atoms with Gasteiger partial charge in [-0.25, -0.2) is 4.79 Å². The van der Waals surface area contributed by atoms with Gasteiger partial charge in [-0.05, 0) is 25.5 Å². The lowest BCUT2D eigenvalue weighted by molar-refractivity contribution is 0.0602. The van der Waals surface area contributed by atoms with Crippen molar-refractivity contribution < 1.29 is 9.53 Å². The van der Waals surface area contributed by atoms with Crippen molar-refractivity contribution in [1.29, 1.82) is 0 Å². The third-order valence-electron chi connectivity index (χ3n) is 3.40. The van der Waals surface area contributed by atoms with E-state index in [1.54, 1.807) is 6.07 Å². The highest BCUT2D eigenvalue weighted by molar-refractivity contribution is 5.98. The zero-order valence-corrected chi connectivity index (χ0v) is 12.7. The summed E-state index contributed by atoms with van der Waals surface area (Å²) in [6.45, 7) is 4.34. The Hall–Kier alpha value is -1.71. The first kappa shape index (κ1) is 16.3. The average Bonchev–Trinajstić information content (AvgIpc) is 2.45. The number of nitrogens with two attached hydrogens (primary N) is 1. The van der Waals surface area contributed by atoms with Crippen molar-refractivity contribution in [3.05, 3.63) is 23.8 Å². The highest BCUT2D eigenvalue weighted by Gasteiger charge is 2.13. The van der Waals surface area contributed by atoms with Gasteiger partial charge < -0.3 is 15.8 Å². The number of carbonyl (C=O) groups excluding carboxylic acids is 1. The molecule has 0 fully saturated rings. The van der Waals surface area contributed by atoms with E-state index in [2.05, 4.69) is 19.2 Å². The smallest absolute Gasteiger partial charge is 0.340 e. The quantitative estimate of drug-likeness (QED) is 0.431. The number of hydrogen-bond donors (Lipinski definition) is 2. The molecule has 20 heavy (non-hydrogen) atoms. The minimum atomic E-state index is -0.401. The fourth-order valence-corrected chi connectivity index (χ4v) is 2.19. The number of benzene rings is 1. The number of nitrogens with one attached hydrogen (secondary N) is 1. The molecule has 4 nitrogen and oxygen atoms in total. The topological polar surface area (TPSA) is 64.3 Å². The average molecular weight is 278 g/mol. The maximum absolute atomic E-state index is 11.6. The normalized spacial score (nSPS) is 11.9. The molecule has 112 valence electrons. The van der Waals surface area contributed by atoms with Gasteiger partial charge in [0.05, 0.1) is 24.0 Å². The fraction of sp³-hybridized carbons (Fsp3) is 0.562. The van der Waals surface area contributed by atoms with Crippen LogP contribution < -0.4 is 11.1 Å². The monoisotopic (exact) mass is 278 g/mol. The predicted molar refractivity (Wildman–Crippen MR) is 84.0 cm³/mol. The first-order valence-corrected chi connectivity index (χ1v) is 7.33. The number of esters is 1. The second-order valence-electron chi connectivity index (χ2n) is 5.15. The molecule has 0 aliphatic carbocycles. The lowest BCUT2D eigenvalue weighted by Gasteiger charge is -2.18. The first-order chi connectivity index (χ1) is 9.60. The van der Waals surface area contributed by atoms with Crippen LogP contribution >= 0.6 is 0 Å². The second-order valence-corrected chi connectivity index (χ2v) is 5.15. The minimum absolute atomic E-state index is 0.335. The Labute approximate surface area is 121 Å². The molecule has 0 saturated heterocycles. The molecule has 0 saturated carbocycles. The fourth-order valence-electron chi connectivity index (χ4n) is 2.19. The molecular formula is C16H26N2O2. The van der Waals surface area contributed by atoms with Crippen molar-refractivity contribution in [3.8, 4) is 0 Å². The number of ether oxygens (including phenoxy) is 1. The van der Waals surface area contributed by atoms with E-state index < -0.39 is 5.97 Å². The first-order valence-electron chi connectivity index (χ1n) is 7.33. The van der Waals surface area contributed by atoms with Gasteiger partial charge in [-0.15, -0.1) is 0 Å². The Bertz CT molecular complexity index is 432. The largest absolute Gasteiger partial charge is 0.465 e. The molecule has 0 spiro atoms. The van der Waals surface area contributed by atoms with Crippen LogP contribution in [0.3, 0.4) is 0 Å². The van der Waals surface area contributed by atoms with Crippen molar-refractivity contribution in [2.45, 2.75) is 52.0 Å². The number of methoxy groups -OCH3 is 1. The van der Waals surface area contributed by atoms with Crippen LogP contribution in [0.4, 0.5) is 11.4 Å². The lowest BCUT2D eigenvalue weighted by atomic mass is 10.1. The van der Waals surface area contributed by atoms with Gasteiger partial charge in [0.25, 0.3) is 0 Å². The third kappa shape index (κ3) is 4.76. The van der Waals surface area contributed by atoms with Crippen LogP contribution in [0.15, 0.2) is 18.2 Å². The van der Waals surface area contributed by atoms with Gasteiger partial charge in [-0.2, -0.15) is 0 Å². The van der Waals surface area contributed by atoms with Gasteiger partial charge >= 0.3 is 5.97 Å². The maximum Gasteiger partial charge on any atom is 0.340 e. The van der Waals surface area contributed by atoms with Gasteiger partial charge in [0.15, 0.2) is 0 Å². The molecule has 0 aliphatic rings. The molecule has 0 heterocycles. The van der Waals surface area contributed by atoms with Crippen molar-refractivity contribution in [2.24, 2.45) is 0 Å². The van der Waals surface area contributed by atoms with E-state index in [1.165, 1.54) is 32.8 Å². The predicted octanol–water partition coefficient (Wildman–Crippen LogP) is 3.83. The molecule has 1 unspecified atom stereocenters. The minimum Gasteiger partial charge on any atom is -0.465 e. The van der Waals surface area contributed by atoms with Gasteiger partial charge in [0, 0.05) is 6.04 Å². The number of carbonyl (C=O) groups is 1. The van der Waals surface area contributed by atoms with Crippen LogP contribution in [0, 0.1) is 0 Å². The molecule has 0 bridgehead atoms. The van der Waals surface area contributed by atoms with E-state index in [9.17, 15) is 4.79 Å². The van der Waals surface area contributed by atoms with E-state index in [4.69, 9.17) is 10.5 Å². The molecule has 1 aromatic rings. The molecule has 1 aromatic carbocycles. The van der Waals surface area contributed by atoms with Crippen molar-refractivity contribution in [3.63, 3.8) is 0 Å². The maximum atomic E-state index is 11.6. The molecule has 0 amide bonds. The molecular weight excluding hydrogens is 252 g/mol. The Balaban J connectivity index is 2.61. The number of anilines is 2. The molecule has 0 radical (unpaired) electrons. The summed E-state index contributed by atoms with van der Waals surface area (Å²) in [5.41, 5.74) is 7.69. The number of rotatable bonds is 8. The molecule has 3 N–H and O–H groups in total. The van der Waals surface area contributed by atoms with Crippen LogP contribution in [0.25, 0.3) is 0 Å². The van der Waals surface area contributed by atoms with Gasteiger partial charge in [-0.3, -0.25) is 0 Å². The summed E-state index contributed by atoms with van der Waals surface area (Å²) < 4.78 is 4.72. The zero-order valence-electron chi connectivity index (χ0n) is 12.7. The molecule has 1 rings (SSSR count). The van der Waals surface area contributed by atoms with E-state index in [0.29, 0.717) is 17.3 Å². The molecule has 0 aromatic heterocycles. The standard InChI is InChI=1S/C16H26N2O2/c1-4-5-6-7-9-12(2)18-14-11-8-10-13(15(14)17)16(19)20-3/h8,10-12,18H,4-7,9,17H2,1-3H3. The Kier molecular flexibility index (Phi) is 6.91. The highest BCUT2D eigenvalue weighted by atomic mass is 16.5. The summed E-state index contributed by atoms with van der Waals surface area (Å²) in [6, 6.07) is 5.72. The number of hydrogen-bond acceptors (Lipinski definition) is 4. The molecule has 1 atom stereocenters. The van der Waals surface area contributed by atoms with Crippen LogP contribution in [0.1, 0.15) is 56.3 Å². The summed E-state index contributed by atoms with van der Waals surface area (Å²) in [5.74, 6) is -0.401. The van der Waals surface area contributed by atoms with Gasteiger partial charge in [0.1, 0.15) is 0 Å². The van der Waals surface area contributed by atoms with Gasteiger partial charge in [-0.1, -0.05) is 38.7 Å². The summed E-state index contributed by atoms with van der Waals surface area (Å²) in [5, 5.41) is 3.37. The van der Waals surface area contributed by atoms with Crippen LogP contribution in [0.5, 0.6) is 0 Å². The number of nitrogen functional groups attached to an aromatic ring is 1. The van der Waals surface area contributed by atoms with E-state index >= 15 is 0 Å². The Morgan fingerprint density at radius 2 is 2.10 bits per heavy atom. The summed E-state index contributed by atoms with van der Waals surface area (Å²) >= 11 is 0. The van der Waals surface area contributed by atoms with Gasteiger partial charge in [0.2, 0.25) is 0 Å². The number of unbranched alkanes of at least 4 members (excludes halogenated alkanes) is 3. The lowest BCUT2D eigenvalue weighted by Crippen LogP contribution is -2.17. The van der Waals surface area contributed by atoms with E-state index in [1.807, 2.05) is 12.1 Å². The summed E-state index contributed by atoms with van der Waals surface area (Å²) in [6.07, 6.45) is 6.10. The van der Waals surface area contributed by atoms with E-state index in [-0.39, 0.29) is 0 Å². The van der Waals surface area contributed by atoms with Crippen LogP contribution in [0.2, 0.25) is 0 Å².